The number of ketones is 1. The largest absolute Gasteiger partial charge is 0.294 e. The Balaban J connectivity index is 1.43. The standard InChI is InChI=1S/C27H25N5O/c1-16-9-12-22-21(13-16)17(2)28-26(30-22)32-27-29-18(3)25-23(31-27)14-20(15-24(25)33)11-10-19-7-5-4-6-8-19/h4-13,20H,14-15H2,1-3H3,(H,28,29,30,31,32)/b11-10+. The molecule has 6 heteroatoms. The van der Waals surface area contributed by atoms with Crippen LogP contribution in [0.4, 0.5) is 11.9 Å². The molecule has 0 amide bonds. The van der Waals surface area contributed by atoms with Gasteiger partial charge in [-0.25, -0.2) is 19.9 Å². The molecule has 6 nitrogen and oxygen atoms in total. The van der Waals surface area contributed by atoms with E-state index >= 15 is 0 Å². The van der Waals surface area contributed by atoms with Crippen molar-refractivity contribution >= 4 is 34.7 Å². The molecule has 2 heterocycles. The Bertz CT molecular complexity index is 1400. The van der Waals surface area contributed by atoms with Crippen LogP contribution >= 0.6 is 0 Å². The van der Waals surface area contributed by atoms with Gasteiger partial charge in [0.05, 0.1) is 28.2 Å². The highest BCUT2D eigenvalue weighted by Gasteiger charge is 2.28. The van der Waals surface area contributed by atoms with Gasteiger partial charge in [0.2, 0.25) is 11.9 Å². The monoisotopic (exact) mass is 435 g/mol. The first-order valence-corrected chi connectivity index (χ1v) is 11.1. The van der Waals surface area contributed by atoms with Gasteiger partial charge < -0.3 is 0 Å². The first kappa shape index (κ1) is 20.9. The van der Waals surface area contributed by atoms with E-state index in [4.69, 9.17) is 4.98 Å². The summed E-state index contributed by atoms with van der Waals surface area (Å²) in [4.78, 5) is 31.3. The molecule has 1 unspecified atom stereocenters. The number of carbonyl (C=O) groups excluding carboxylic acids is 1. The van der Waals surface area contributed by atoms with Crippen LogP contribution in [0.2, 0.25) is 0 Å². The SMILES string of the molecule is Cc1ccc2nc(Nc3nc(C)c4c(n3)CC(/C=C/c3ccccc3)CC4=O)nc(C)c2c1. The predicted molar refractivity (Wildman–Crippen MR) is 131 cm³/mol. The molecule has 1 aliphatic carbocycles. The average Bonchev–Trinajstić information content (AvgIpc) is 2.78. The maximum absolute atomic E-state index is 12.9. The maximum atomic E-state index is 12.9. The molecule has 1 atom stereocenters. The lowest BCUT2D eigenvalue weighted by atomic mass is 9.85. The zero-order chi connectivity index (χ0) is 22.9. The minimum Gasteiger partial charge on any atom is -0.294 e. The van der Waals surface area contributed by atoms with E-state index < -0.39 is 0 Å². The van der Waals surface area contributed by atoms with E-state index in [1.165, 1.54) is 5.56 Å². The Morgan fingerprint density at radius 2 is 1.64 bits per heavy atom. The zero-order valence-corrected chi connectivity index (χ0v) is 19.0. The van der Waals surface area contributed by atoms with Gasteiger partial charge in [0.15, 0.2) is 5.78 Å². The van der Waals surface area contributed by atoms with Gasteiger partial charge in [-0.1, -0.05) is 54.1 Å². The molecular formula is C27H25N5O. The number of rotatable bonds is 4. The average molecular weight is 436 g/mol. The second kappa shape index (κ2) is 8.54. The highest BCUT2D eigenvalue weighted by molar-refractivity contribution is 5.99. The van der Waals surface area contributed by atoms with Crippen molar-refractivity contribution in [1.82, 2.24) is 19.9 Å². The van der Waals surface area contributed by atoms with E-state index in [2.05, 4.69) is 57.5 Å². The normalized spacial score (nSPS) is 15.7. The molecule has 164 valence electrons. The smallest absolute Gasteiger partial charge is 0.230 e. The second-order valence-corrected chi connectivity index (χ2v) is 8.59. The Labute approximate surface area is 192 Å². The van der Waals surface area contributed by atoms with E-state index in [0.717, 1.165) is 27.9 Å². The highest BCUT2D eigenvalue weighted by Crippen LogP contribution is 2.29. The number of aryl methyl sites for hydroxylation is 3. The van der Waals surface area contributed by atoms with Gasteiger partial charge in [-0.15, -0.1) is 0 Å². The predicted octanol–water partition coefficient (Wildman–Crippen LogP) is 5.55. The van der Waals surface area contributed by atoms with Crippen LogP contribution in [0.3, 0.4) is 0 Å². The van der Waals surface area contributed by atoms with Gasteiger partial charge in [-0.2, -0.15) is 0 Å². The fourth-order valence-electron chi connectivity index (χ4n) is 4.36. The van der Waals surface area contributed by atoms with E-state index in [1.54, 1.807) is 0 Å². The number of aromatic nitrogens is 4. The van der Waals surface area contributed by atoms with Crippen molar-refractivity contribution in [3.05, 3.63) is 88.4 Å². The van der Waals surface area contributed by atoms with Gasteiger partial charge in [-0.3, -0.25) is 10.1 Å². The second-order valence-electron chi connectivity index (χ2n) is 8.59. The van der Waals surface area contributed by atoms with Gasteiger partial charge in [0, 0.05) is 11.8 Å². The number of carbonyl (C=O) groups is 1. The summed E-state index contributed by atoms with van der Waals surface area (Å²) in [7, 11) is 0. The highest BCUT2D eigenvalue weighted by atomic mass is 16.1. The Morgan fingerprint density at radius 3 is 2.45 bits per heavy atom. The van der Waals surface area contributed by atoms with Crippen LogP contribution in [0, 0.1) is 26.7 Å². The molecule has 2 aromatic carbocycles. The molecule has 4 aromatic rings. The molecule has 0 saturated heterocycles. The summed E-state index contributed by atoms with van der Waals surface area (Å²) in [6.07, 6.45) is 5.35. The lowest BCUT2D eigenvalue weighted by molar-refractivity contribution is 0.0957. The Hall–Kier alpha value is -3.93. The molecule has 0 bridgehead atoms. The van der Waals surface area contributed by atoms with Crippen LogP contribution in [-0.4, -0.2) is 25.7 Å². The van der Waals surface area contributed by atoms with Crippen LogP contribution in [-0.2, 0) is 6.42 Å². The van der Waals surface area contributed by atoms with Gasteiger partial charge in [0.25, 0.3) is 0 Å². The summed E-state index contributed by atoms with van der Waals surface area (Å²) >= 11 is 0. The van der Waals surface area contributed by atoms with Crippen molar-refractivity contribution in [3.8, 4) is 0 Å². The topological polar surface area (TPSA) is 80.7 Å². The number of fused-ring (bicyclic) bond motifs is 2. The fraction of sp³-hybridized carbons (Fsp3) is 0.222. The summed E-state index contributed by atoms with van der Waals surface area (Å²) in [5, 5.41) is 4.19. The molecule has 2 aromatic heterocycles. The molecule has 0 fully saturated rings. The third-order valence-electron chi connectivity index (χ3n) is 5.97. The fourth-order valence-corrected chi connectivity index (χ4v) is 4.36. The Morgan fingerprint density at radius 1 is 0.879 bits per heavy atom. The van der Waals surface area contributed by atoms with Crippen molar-refractivity contribution in [2.45, 2.75) is 33.6 Å². The number of hydrogen-bond acceptors (Lipinski definition) is 6. The molecule has 1 aliphatic rings. The summed E-state index contributed by atoms with van der Waals surface area (Å²) in [6, 6.07) is 16.2. The minimum absolute atomic E-state index is 0.0937. The lowest BCUT2D eigenvalue weighted by Gasteiger charge is -2.22. The van der Waals surface area contributed by atoms with Crippen molar-refractivity contribution in [3.63, 3.8) is 0 Å². The van der Waals surface area contributed by atoms with E-state index in [1.807, 2.05) is 44.2 Å². The zero-order valence-electron chi connectivity index (χ0n) is 19.0. The molecule has 33 heavy (non-hydrogen) atoms. The summed E-state index contributed by atoms with van der Waals surface area (Å²) in [5.74, 6) is 1.06. The third kappa shape index (κ3) is 4.37. The number of allylic oxidation sites excluding steroid dienone is 1. The molecule has 5 rings (SSSR count). The quantitative estimate of drug-likeness (QED) is 0.453. The maximum Gasteiger partial charge on any atom is 0.230 e. The van der Waals surface area contributed by atoms with Crippen molar-refractivity contribution in [2.24, 2.45) is 5.92 Å². The molecule has 1 N–H and O–H groups in total. The third-order valence-corrected chi connectivity index (χ3v) is 5.97. The van der Waals surface area contributed by atoms with E-state index in [9.17, 15) is 4.79 Å². The van der Waals surface area contributed by atoms with Gasteiger partial charge in [0.1, 0.15) is 0 Å². The molecule has 0 saturated carbocycles. The van der Waals surface area contributed by atoms with Crippen LogP contribution in [0.1, 0.15) is 45.0 Å². The number of nitrogens with zero attached hydrogens (tertiary/aromatic N) is 4. The Kier molecular flexibility index (Phi) is 5.42. The van der Waals surface area contributed by atoms with Crippen molar-refractivity contribution < 1.29 is 4.79 Å². The lowest BCUT2D eigenvalue weighted by Crippen LogP contribution is -2.23. The first-order valence-electron chi connectivity index (χ1n) is 11.1. The molecular weight excluding hydrogens is 410 g/mol. The summed E-state index contributed by atoms with van der Waals surface area (Å²) < 4.78 is 0. The number of Topliss-reactive ketones (excluding diaryl/α,β-unsaturated/α-hetero) is 1. The van der Waals surface area contributed by atoms with E-state index in [-0.39, 0.29) is 11.7 Å². The number of nitrogens with one attached hydrogen (secondary N) is 1. The van der Waals surface area contributed by atoms with Crippen LogP contribution in [0.25, 0.3) is 17.0 Å². The van der Waals surface area contributed by atoms with Crippen LogP contribution < -0.4 is 5.32 Å². The summed E-state index contributed by atoms with van der Waals surface area (Å²) in [5.41, 5.74) is 6.16. The number of benzene rings is 2. The first-order chi connectivity index (χ1) is 16.0. The van der Waals surface area contributed by atoms with Crippen LogP contribution in [0.15, 0.2) is 54.6 Å². The molecule has 0 aliphatic heterocycles. The minimum atomic E-state index is 0.0937. The van der Waals surface area contributed by atoms with Gasteiger partial charge in [-0.05, 0) is 50.8 Å². The van der Waals surface area contributed by atoms with Crippen molar-refractivity contribution in [2.75, 3.05) is 5.32 Å². The van der Waals surface area contributed by atoms with E-state index in [0.29, 0.717) is 36.0 Å². The van der Waals surface area contributed by atoms with Crippen molar-refractivity contribution in [1.29, 1.82) is 0 Å². The summed E-state index contributed by atoms with van der Waals surface area (Å²) in [6.45, 7) is 5.88. The molecule has 0 radical (unpaired) electrons. The number of hydrogen-bond donors (Lipinski definition) is 1. The molecule has 0 spiro atoms. The van der Waals surface area contributed by atoms with Gasteiger partial charge >= 0.3 is 0 Å². The number of anilines is 2. The van der Waals surface area contributed by atoms with Crippen LogP contribution in [0.5, 0.6) is 0 Å².